The van der Waals surface area contributed by atoms with Gasteiger partial charge in [0.2, 0.25) is 0 Å². The maximum absolute atomic E-state index is 6.74. The SMILES string of the molecule is c1ccc(-c2c(-c3cccc(N(c4ccc5c(c4)oc4ccccc45)c4cccc5oc6c7ccccc7ccc6c45)c3)c3ccccc3c3ccccc23)cc1. The molecule has 266 valence electrons. The van der Waals surface area contributed by atoms with Crippen LogP contribution in [0.2, 0.25) is 0 Å². The number of para-hydroxylation sites is 1. The summed E-state index contributed by atoms with van der Waals surface area (Å²) in [5.41, 5.74) is 11.3. The second kappa shape index (κ2) is 12.5. The molecular weight excluding hydrogens is 695 g/mol. The fourth-order valence-electron chi connectivity index (χ4n) is 9.15. The van der Waals surface area contributed by atoms with Gasteiger partial charge in [0.25, 0.3) is 0 Å². The summed E-state index contributed by atoms with van der Waals surface area (Å²) in [7, 11) is 0. The van der Waals surface area contributed by atoms with Crippen LogP contribution in [-0.4, -0.2) is 0 Å². The molecule has 3 heteroatoms. The topological polar surface area (TPSA) is 29.5 Å². The van der Waals surface area contributed by atoms with E-state index in [-0.39, 0.29) is 0 Å². The Morgan fingerprint density at radius 1 is 0.316 bits per heavy atom. The first-order valence-electron chi connectivity index (χ1n) is 19.4. The molecule has 12 rings (SSSR count). The minimum Gasteiger partial charge on any atom is -0.456 e. The number of hydrogen-bond donors (Lipinski definition) is 0. The average molecular weight is 728 g/mol. The van der Waals surface area contributed by atoms with Crippen LogP contribution in [0, 0.1) is 0 Å². The number of anilines is 3. The van der Waals surface area contributed by atoms with Gasteiger partial charge in [0.05, 0.1) is 11.1 Å². The smallest absolute Gasteiger partial charge is 0.143 e. The molecular formula is C54H33NO2. The molecule has 12 aromatic rings. The van der Waals surface area contributed by atoms with Crippen molar-refractivity contribution in [3.8, 4) is 22.3 Å². The van der Waals surface area contributed by atoms with Crippen molar-refractivity contribution in [1.82, 2.24) is 0 Å². The van der Waals surface area contributed by atoms with Crippen molar-refractivity contribution in [2.24, 2.45) is 0 Å². The Hall–Kier alpha value is -7.62. The van der Waals surface area contributed by atoms with Crippen LogP contribution >= 0.6 is 0 Å². The number of hydrogen-bond acceptors (Lipinski definition) is 3. The molecule has 3 nitrogen and oxygen atoms in total. The van der Waals surface area contributed by atoms with Crippen LogP contribution in [0.1, 0.15) is 0 Å². The van der Waals surface area contributed by atoms with Crippen LogP contribution in [0.5, 0.6) is 0 Å². The van der Waals surface area contributed by atoms with Gasteiger partial charge in [0, 0.05) is 39.0 Å². The second-order valence-corrected chi connectivity index (χ2v) is 14.8. The quantitative estimate of drug-likeness (QED) is 0.165. The van der Waals surface area contributed by atoms with Crippen LogP contribution < -0.4 is 4.90 Å². The fraction of sp³-hybridized carbons (Fsp3) is 0. The summed E-state index contributed by atoms with van der Waals surface area (Å²) >= 11 is 0. The molecule has 0 radical (unpaired) electrons. The lowest BCUT2D eigenvalue weighted by Gasteiger charge is -2.27. The molecule has 0 aliphatic rings. The maximum atomic E-state index is 6.74. The summed E-state index contributed by atoms with van der Waals surface area (Å²) in [6, 6.07) is 71.6. The van der Waals surface area contributed by atoms with Crippen molar-refractivity contribution < 1.29 is 8.83 Å². The first-order chi connectivity index (χ1) is 28.3. The standard InChI is InChI=1S/C54H33NO2/c1-2-15-35(16-3-1)51-44-23-8-6-20-40(44)41-21-7-9-24-45(41)52(51)36-17-12-18-37(32-36)55(38-29-31-43-42-22-10-11-26-48(42)56-50(43)33-38)47-25-13-27-49-53(47)46-30-28-34-14-4-5-19-39(34)54(46)57-49/h1-33H. The van der Waals surface area contributed by atoms with Gasteiger partial charge < -0.3 is 13.7 Å². The highest BCUT2D eigenvalue weighted by Gasteiger charge is 2.23. The fourth-order valence-corrected chi connectivity index (χ4v) is 9.15. The van der Waals surface area contributed by atoms with Gasteiger partial charge in [0.1, 0.15) is 22.3 Å². The summed E-state index contributed by atoms with van der Waals surface area (Å²) in [6.07, 6.45) is 0. The molecule has 0 saturated heterocycles. The zero-order valence-corrected chi connectivity index (χ0v) is 30.8. The lowest BCUT2D eigenvalue weighted by molar-refractivity contribution is 0.669. The highest BCUT2D eigenvalue weighted by Crippen LogP contribution is 2.48. The molecule has 0 aliphatic carbocycles. The van der Waals surface area contributed by atoms with E-state index in [1.807, 2.05) is 12.1 Å². The van der Waals surface area contributed by atoms with Gasteiger partial charge in [0.15, 0.2) is 0 Å². The zero-order valence-electron chi connectivity index (χ0n) is 30.8. The molecule has 0 spiro atoms. The van der Waals surface area contributed by atoms with Gasteiger partial charge in [-0.2, -0.15) is 0 Å². The van der Waals surface area contributed by atoms with Gasteiger partial charge in [-0.05, 0) is 97.7 Å². The van der Waals surface area contributed by atoms with Gasteiger partial charge >= 0.3 is 0 Å². The summed E-state index contributed by atoms with van der Waals surface area (Å²) in [5, 5.41) is 11.5. The Balaban J connectivity index is 1.16. The van der Waals surface area contributed by atoms with E-state index in [1.54, 1.807) is 0 Å². The second-order valence-electron chi connectivity index (χ2n) is 14.8. The maximum Gasteiger partial charge on any atom is 0.143 e. The van der Waals surface area contributed by atoms with E-state index in [1.165, 1.54) is 38.2 Å². The first kappa shape index (κ1) is 31.7. The van der Waals surface area contributed by atoms with Gasteiger partial charge in [-0.3, -0.25) is 0 Å². The third kappa shape index (κ3) is 4.86. The van der Waals surface area contributed by atoms with Crippen LogP contribution in [0.25, 0.3) is 98.4 Å². The number of benzene rings is 10. The first-order valence-corrected chi connectivity index (χ1v) is 19.4. The van der Waals surface area contributed by atoms with Gasteiger partial charge in [-0.1, -0.05) is 146 Å². The average Bonchev–Trinajstić information content (AvgIpc) is 3.85. The van der Waals surface area contributed by atoms with Crippen LogP contribution in [-0.2, 0) is 0 Å². The number of fused-ring (bicyclic) bond motifs is 11. The van der Waals surface area contributed by atoms with Crippen LogP contribution in [0.3, 0.4) is 0 Å². The Bertz CT molecular complexity index is 3540. The van der Waals surface area contributed by atoms with Crippen molar-refractivity contribution in [2.45, 2.75) is 0 Å². The molecule has 2 heterocycles. The molecule has 0 bridgehead atoms. The lowest BCUT2D eigenvalue weighted by Crippen LogP contribution is -2.10. The lowest BCUT2D eigenvalue weighted by atomic mass is 9.85. The van der Waals surface area contributed by atoms with E-state index >= 15 is 0 Å². The van der Waals surface area contributed by atoms with E-state index < -0.39 is 0 Å². The number of nitrogens with zero attached hydrogens (tertiary/aromatic N) is 1. The molecule has 0 fully saturated rings. The zero-order chi connectivity index (χ0) is 37.5. The van der Waals surface area contributed by atoms with E-state index in [4.69, 9.17) is 8.83 Å². The molecule has 10 aromatic carbocycles. The van der Waals surface area contributed by atoms with Crippen molar-refractivity contribution in [3.05, 3.63) is 200 Å². The molecule has 0 amide bonds. The summed E-state index contributed by atoms with van der Waals surface area (Å²) < 4.78 is 13.2. The molecule has 0 saturated carbocycles. The predicted molar refractivity (Wildman–Crippen MR) is 239 cm³/mol. The largest absolute Gasteiger partial charge is 0.456 e. The van der Waals surface area contributed by atoms with Crippen molar-refractivity contribution in [1.29, 1.82) is 0 Å². The monoisotopic (exact) mass is 727 g/mol. The minimum absolute atomic E-state index is 0.844. The van der Waals surface area contributed by atoms with Crippen LogP contribution in [0.15, 0.2) is 209 Å². The van der Waals surface area contributed by atoms with Crippen molar-refractivity contribution >= 4 is 93.3 Å². The Morgan fingerprint density at radius 3 is 1.70 bits per heavy atom. The number of rotatable bonds is 5. The van der Waals surface area contributed by atoms with Gasteiger partial charge in [-0.15, -0.1) is 0 Å². The summed E-state index contributed by atoms with van der Waals surface area (Å²) in [5.74, 6) is 0. The Kier molecular flexibility index (Phi) is 6.93. The molecule has 0 atom stereocenters. The molecule has 0 N–H and O–H groups in total. The van der Waals surface area contributed by atoms with Crippen molar-refractivity contribution in [3.63, 3.8) is 0 Å². The minimum atomic E-state index is 0.844. The molecule has 0 aliphatic heterocycles. The molecule has 2 aromatic heterocycles. The van der Waals surface area contributed by atoms with E-state index in [9.17, 15) is 0 Å². The number of furan rings is 2. The van der Waals surface area contributed by atoms with E-state index in [0.29, 0.717) is 0 Å². The van der Waals surface area contributed by atoms with E-state index in [2.05, 4.69) is 193 Å². The third-order valence-electron chi connectivity index (χ3n) is 11.6. The highest BCUT2D eigenvalue weighted by atomic mass is 16.3. The third-order valence-corrected chi connectivity index (χ3v) is 11.6. The summed E-state index contributed by atoms with van der Waals surface area (Å²) in [6.45, 7) is 0. The summed E-state index contributed by atoms with van der Waals surface area (Å²) in [4.78, 5) is 2.37. The highest BCUT2D eigenvalue weighted by molar-refractivity contribution is 6.22. The van der Waals surface area contributed by atoms with E-state index in [0.717, 1.165) is 77.3 Å². The molecule has 57 heavy (non-hydrogen) atoms. The Labute approximate surface area is 328 Å². The van der Waals surface area contributed by atoms with Crippen molar-refractivity contribution in [2.75, 3.05) is 4.90 Å². The predicted octanol–water partition coefficient (Wildman–Crippen LogP) is 15.7. The molecule has 0 unspecified atom stereocenters. The van der Waals surface area contributed by atoms with Crippen LogP contribution in [0.4, 0.5) is 17.1 Å². The normalized spacial score (nSPS) is 11.9. The van der Waals surface area contributed by atoms with Gasteiger partial charge in [-0.25, -0.2) is 0 Å². The Morgan fingerprint density at radius 2 is 0.895 bits per heavy atom.